The maximum Gasteiger partial charge on any atom is 0.418 e. The molecule has 168 valence electrons. The Balaban J connectivity index is 2.34. The largest absolute Gasteiger partial charge is 0.418 e. The number of anilines is 2. The van der Waals surface area contributed by atoms with Gasteiger partial charge in [0.25, 0.3) is 0 Å². The fraction of sp³-hybridized carbons (Fsp3) is 0.0800. The molecule has 33 heavy (non-hydrogen) atoms. The van der Waals surface area contributed by atoms with E-state index >= 15 is 0 Å². The maximum absolute atomic E-state index is 14.8. The van der Waals surface area contributed by atoms with Crippen molar-refractivity contribution < 1.29 is 17.6 Å². The third-order valence-corrected chi connectivity index (χ3v) is 5.53. The molecule has 0 N–H and O–H groups in total. The lowest BCUT2D eigenvalue weighted by Gasteiger charge is -2.30. The van der Waals surface area contributed by atoms with Crippen LogP contribution in [-0.4, -0.2) is 11.5 Å². The Kier molecular flexibility index (Phi) is 7.97. The van der Waals surface area contributed by atoms with Crippen molar-refractivity contribution in [3.8, 4) is 23.5 Å². The molecule has 1 unspecified atom stereocenters. The van der Waals surface area contributed by atoms with Crippen LogP contribution in [0.15, 0.2) is 84.1 Å². The number of alkyl halides is 3. The zero-order valence-electron chi connectivity index (χ0n) is 17.2. The molecular weight excluding hydrogens is 467 g/mol. The lowest BCUT2D eigenvalue weighted by molar-refractivity contribution is -0.137. The fourth-order valence-electron chi connectivity index (χ4n) is 3.36. The van der Waals surface area contributed by atoms with Crippen LogP contribution in [0.2, 0.25) is 0 Å². The molecule has 0 amide bonds. The smallest absolute Gasteiger partial charge is 0.336 e. The van der Waals surface area contributed by atoms with Crippen LogP contribution in [0.1, 0.15) is 5.56 Å². The number of terminal acetylenes is 1. The number of aromatic nitrogens is 1. The highest BCUT2D eigenvalue weighted by atomic mass is 32.1. The second-order valence-electron chi connectivity index (χ2n) is 6.84. The van der Waals surface area contributed by atoms with Gasteiger partial charge in [-0.05, 0) is 29.6 Å². The molecule has 2 aromatic carbocycles. The second kappa shape index (κ2) is 10.7. The number of pyridine rings is 1. The first kappa shape index (κ1) is 24.6. The molecule has 0 aliphatic rings. The maximum atomic E-state index is 14.8. The third-order valence-electron chi connectivity index (χ3n) is 4.71. The predicted octanol–water partition coefficient (Wildman–Crippen LogP) is 6.58. The number of rotatable bonds is 6. The number of thiol groups is 1. The first-order chi connectivity index (χ1) is 15.8. The summed E-state index contributed by atoms with van der Waals surface area (Å²) in [6.45, 7) is 0.0471. The predicted molar refractivity (Wildman–Crippen MR) is 132 cm³/mol. The molecule has 0 saturated carbocycles. The van der Waals surface area contributed by atoms with E-state index in [0.29, 0.717) is 15.9 Å². The lowest BCUT2D eigenvalue weighted by Crippen LogP contribution is -2.23. The number of halogens is 4. The van der Waals surface area contributed by atoms with Gasteiger partial charge in [0, 0.05) is 28.8 Å². The molecule has 0 spiro atoms. The van der Waals surface area contributed by atoms with Gasteiger partial charge in [-0.15, -0.1) is 28.3 Å². The molecule has 3 aromatic rings. The van der Waals surface area contributed by atoms with Crippen molar-refractivity contribution in [2.24, 2.45) is 0 Å². The summed E-state index contributed by atoms with van der Waals surface area (Å²) in [6.07, 6.45) is 9.24. The SMILES string of the molecule is C#C/C=C\C=C/CN(c1ccccc1S)c1c(-c2c(F)cncc2P)cccc1C(F)(F)F. The molecule has 0 radical (unpaired) electrons. The van der Waals surface area contributed by atoms with E-state index in [9.17, 15) is 17.6 Å². The molecule has 1 heterocycles. The molecular formula is C25H19F4N2PS. The van der Waals surface area contributed by atoms with Crippen molar-refractivity contribution in [1.29, 1.82) is 0 Å². The Morgan fingerprint density at radius 1 is 1.09 bits per heavy atom. The standard InChI is InChI=1S/C25H19F4N2PS/c1-2-3-4-5-8-14-31(20-12-6-7-13-22(20)33)24-17(10-9-11-18(24)25(27,28)29)23-19(26)15-30-16-21(23)32/h1,3-13,15-16,33H,14,32H2/b4-3-,8-5-. The summed E-state index contributed by atoms with van der Waals surface area (Å²) in [5, 5.41) is 0.335. The van der Waals surface area contributed by atoms with Crippen molar-refractivity contribution in [2.75, 3.05) is 11.4 Å². The molecule has 8 heteroatoms. The number of nitrogens with zero attached hydrogens (tertiary/aromatic N) is 2. The van der Waals surface area contributed by atoms with Crippen molar-refractivity contribution in [3.05, 3.63) is 90.5 Å². The summed E-state index contributed by atoms with van der Waals surface area (Å²) in [5.74, 6) is 1.62. The highest BCUT2D eigenvalue weighted by Crippen LogP contribution is 2.46. The summed E-state index contributed by atoms with van der Waals surface area (Å²) in [7, 11) is 2.33. The van der Waals surface area contributed by atoms with Gasteiger partial charge in [0.2, 0.25) is 0 Å². The molecule has 0 saturated heterocycles. The number of allylic oxidation sites excluding steroid dienone is 3. The zero-order valence-corrected chi connectivity index (χ0v) is 19.3. The average Bonchev–Trinajstić information content (AvgIpc) is 2.76. The Hall–Kier alpha value is -3.07. The van der Waals surface area contributed by atoms with Gasteiger partial charge < -0.3 is 4.90 Å². The van der Waals surface area contributed by atoms with Crippen LogP contribution in [0.4, 0.5) is 28.9 Å². The minimum Gasteiger partial charge on any atom is -0.336 e. The van der Waals surface area contributed by atoms with Gasteiger partial charge >= 0.3 is 6.18 Å². The van der Waals surface area contributed by atoms with Crippen molar-refractivity contribution in [1.82, 2.24) is 4.98 Å². The van der Waals surface area contributed by atoms with Crippen LogP contribution >= 0.6 is 21.9 Å². The van der Waals surface area contributed by atoms with Gasteiger partial charge in [-0.25, -0.2) is 4.39 Å². The lowest BCUT2D eigenvalue weighted by atomic mass is 9.98. The molecule has 0 fully saturated rings. The Morgan fingerprint density at radius 2 is 1.85 bits per heavy atom. The highest BCUT2D eigenvalue weighted by Gasteiger charge is 2.37. The van der Waals surface area contributed by atoms with Crippen LogP contribution in [0.25, 0.3) is 11.1 Å². The van der Waals surface area contributed by atoms with E-state index in [-0.39, 0.29) is 23.4 Å². The van der Waals surface area contributed by atoms with E-state index in [1.54, 1.807) is 42.5 Å². The molecule has 0 aliphatic carbocycles. The first-order valence-corrected chi connectivity index (χ1v) is 10.7. The van der Waals surface area contributed by atoms with E-state index in [2.05, 4.69) is 32.8 Å². The Bertz CT molecular complexity index is 1230. The summed E-state index contributed by atoms with van der Waals surface area (Å²) < 4.78 is 57.5. The Labute approximate surface area is 197 Å². The molecule has 3 rings (SSSR count). The van der Waals surface area contributed by atoms with Crippen LogP contribution in [0.5, 0.6) is 0 Å². The molecule has 1 atom stereocenters. The van der Waals surface area contributed by atoms with E-state index in [4.69, 9.17) is 6.42 Å². The van der Waals surface area contributed by atoms with Gasteiger partial charge in [0.1, 0.15) is 5.82 Å². The van der Waals surface area contributed by atoms with Crippen molar-refractivity contribution >= 4 is 38.5 Å². The van der Waals surface area contributed by atoms with Crippen molar-refractivity contribution in [3.63, 3.8) is 0 Å². The topological polar surface area (TPSA) is 16.1 Å². The van der Waals surface area contributed by atoms with Crippen molar-refractivity contribution in [2.45, 2.75) is 11.1 Å². The number of hydrogen-bond acceptors (Lipinski definition) is 3. The van der Waals surface area contributed by atoms with Gasteiger partial charge in [0.15, 0.2) is 0 Å². The summed E-state index contributed by atoms with van der Waals surface area (Å²) in [5.41, 5.74) is -0.549. The van der Waals surface area contributed by atoms with Crippen LogP contribution in [0.3, 0.4) is 0 Å². The normalized spacial score (nSPS) is 11.8. The number of benzene rings is 2. The number of hydrogen-bond donors (Lipinski definition) is 1. The van der Waals surface area contributed by atoms with E-state index < -0.39 is 17.6 Å². The summed E-state index contributed by atoms with van der Waals surface area (Å²) >= 11 is 4.46. The second-order valence-corrected chi connectivity index (χ2v) is 7.94. The minimum atomic E-state index is -4.69. The van der Waals surface area contributed by atoms with E-state index in [1.165, 1.54) is 29.3 Å². The quantitative estimate of drug-likeness (QED) is 0.139. The Morgan fingerprint density at radius 3 is 2.52 bits per heavy atom. The number of para-hydroxylation sites is 2. The monoisotopic (exact) mass is 486 g/mol. The van der Waals surface area contributed by atoms with E-state index in [0.717, 1.165) is 12.3 Å². The molecule has 1 aromatic heterocycles. The van der Waals surface area contributed by atoms with Crippen LogP contribution < -0.4 is 10.2 Å². The minimum absolute atomic E-state index is 0.0222. The van der Waals surface area contributed by atoms with Crippen LogP contribution in [0, 0.1) is 18.2 Å². The highest BCUT2D eigenvalue weighted by molar-refractivity contribution is 7.80. The summed E-state index contributed by atoms with van der Waals surface area (Å²) in [6, 6.07) is 10.5. The first-order valence-electron chi connectivity index (χ1n) is 9.68. The average molecular weight is 486 g/mol. The molecule has 0 aliphatic heterocycles. The van der Waals surface area contributed by atoms with Gasteiger partial charge in [0.05, 0.1) is 23.1 Å². The van der Waals surface area contributed by atoms with Gasteiger partial charge in [-0.3, -0.25) is 4.98 Å². The zero-order chi connectivity index (χ0) is 24.0. The molecule has 2 nitrogen and oxygen atoms in total. The summed E-state index contributed by atoms with van der Waals surface area (Å²) in [4.78, 5) is 5.72. The van der Waals surface area contributed by atoms with Crippen LogP contribution in [-0.2, 0) is 6.18 Å². The molecule has 0 bridgehead atoms. The van der Waals surface area contributed by atoms with Gasteiger partial charge in [-0.2, -0.15) is 13.2 Å². The fourth-order valence-corrected chi connectivity index (χ4v) is 4.02. The van der Waals surface area contributed by atoms with Gasteiger partial charge in [-0.1, -0.05) is 48.4 Å². The third kappa shape index (κ3) is 5.65. The van der Waals surface area contributed by atoms with E-state index in [1.807, 2.05) is 0 Å².